The zero-order valence-corrected chi connectivity index (χ0v) is 14.3. The molecule has 7 aliphatic rings. The molecule has 0 aromatic rings. The molecule has 0 unspecified atom stereocenters. The van der Waals surface area contributed by atoms with Crippen molar-refractivity contribution in [3.63, 3.8) is 0 Å². The van der Waals surface area contributed by atoms with Gasteiger partial charge in [0.2, 0.25) is 0 Å². The van der Waals surface area contributed by atoms with Crippen molar-refractivity contribution in [3.8, 4) is 0 Å². The molecule has 13 atom stereocenters. The van der Waals surface area contributed by atoms with E-state index in [9.17, 15) is 9.59 Å². The molecular weight excluding hydrogens is 300 g/mol. The molecule has 24 heavy (non-hydrogen) atoms. The Bertz CT molecular complexity index is 660. The second-order valence-electron chi connectivity index (χ2n) is 10.1. The van der Waals surface area contributed by atoms with E-state index in [1.54, 1.807) is 6.92 Å². The lowest BCUT2D eigenvalue weighted by Crippen LogP contribution is -2.35. The lowest BCUT2D eigenvalue weighted by atomic mass is 9.77. The highest BCUT2D eigenvalue weighted by atomic mass is 16.5. The van der Waals surface area contributed by atoms with Crippen LogP contribution in [0.4, 0.5) is 0 Å². The molecule has 7 aliphatic carbocycles. The van der Waals surface area contributed by atoms with Gasteiger partial charge in [-0.2, -0.15) is 0 Å². The van der Waals surface area contributed by atoms with Gasteiger partial charge in [-0.3, -0.25) is 9.59 Å². The summed E-state index contributed by atoms with van der Waals surface area (Å²) in [5.41, 5.74) is 0. The van der Waals surface area contributed by atoms with Gasteiger partial charge >= 0.3 is 5.97 Å². The maximum Gasteiger partial charge on any atom is 0.302 e. The van der Waals surface area contributed by atoms with E-state index in [-0.39, 0.29) is 12.1 Å². The summed E-state index contributed by atoms with van der Waals surface area (Å²) < 4.78 is 6.08. The molecule has 3 heteroatoms. The van der Waals surface area contributed by atoms with Crippen molar-refractivity contribution in [1.82, 2.24) is 0 Å². The predicted molar refractivity (Wildman–Crippen MR) is 85.5 cm³/mol. The summed E-state index contributed by atoms with van der Waals surface area (Å²) >= 11 is 0. The Balaban J connectivity index is 1.43. The van der Waals surface area contributed by atoms with Gasteiger partial charge < -0.3 is 4.74 Å². The van der Waals surface area contributed by atoms with Crippen molar-refractivity contribution >= 4 is 11.8 Å². The van der Waals surface area contributed by atoms with Gasteiger partial charge in [-0.15, -0.1) is 0 Å². The van der Waals surface area contributed by atoms with Gasteiger partial charge in [0.1, 0.15) is 11.9 Å². The highest BCUT2D eigenvalue weighted by Crippen LogP contribution is 2.81. The zero-order chi connectivity index (χ0) is 15.9. The number of hydrogen-bond donors (Lipinski definition) is 0. The van der Waals surface area contributed by atoms with Crippen LogP contribution in [0.15, 0.2) is 0 Å². The molecule has 0 aliphatic heterocycles. The normalized spacial score (nSPS) is 66.4. The van der Waals surface area contributed by atoms with Gasteiger partial charge in [-0.1, -0.05) is 6.42 Å². The van der Waals surface area contributed by atoms with Crippen LogP contribution < -0.4 is 0 Å². The van der Waals surface area contributed by atoms with Gasteiger partial charge in [-0.25, -0.2) is 0 Å². The van der Waals surface area contributed by atoms with Gasteiger partial charge in [0.15, 0.2) is 0 Å². The van der Waals surface area contributed by atoms with Gasteiger partial charge in [-0.05, 0) is 73.0 Å². The summed E-state index contributed by atoms with van der Waals surface area (Å²) in [6.07, 6.45) is 6.54. The van der Waals surface area contributed by atoms with E-state index in [4.69, 9.17) is 4.74 Å². The van der Waals surface area contributed by atoms with Crippen LogP contribution in [-0.2, 0) is 14.3 Å². The van der Waals surface area contributed by atoms with Crippen LogP contribution in [0.2, 0.25) is 0 Å². The zero-order valence-electron chi connectivity index (χ0n) is 14.3. The standard InChI is InChI=1S/C21H26O3/c1-7(22)24-21-14-9-4-2-3-8(9)13-17(14)18-15(21)10-5-6-11-12(10)16(18)19(13)20(11)23/h8-19,21H,2-6H2,1H3/t8-,9+,10+,11+,12-,13-,14+,15+,16+,17-,18-,19-,21+/m0/s1. The van der Waals surface area contributed by atoms with Crippen LogP contribution >= 0.6 is 0 Å². The predicted octanol–water partition coefficient (Wildman–Crippen LogP) is 2.93. The molecule has 7 fully saturated rings. The molecule has 0 N–H and O–H groups in total. The largest absolute Gasteiger partial charge is 0.462 e. The number of carbonyl (C=O) groups excluding carboxylic acids is 2. The van der Waals surface area contributed by atoms with Crippen molar-refractivity contribution in [3.05, 3.63) is 0 Å². The summed E-state index contributed by atoms with van der Waals surface area (Å²) in [6, 6.07) is 0. The minimum atomic E-state index is -0.0720. The molecule has 7 saturated carbocycles. The smallest absolute Gasteiger partial charge is 0.302 e. The van der Waals surface area contributed by atoms with Crippen molar-refractivity contribution in [2.75, 3.05) is 0 Å². The quantitative estimate of drug-likeness (QED) is 0.696. The Morgan fingerprint density at radius 3 is 2.33 bits per heavy atom. The Morgan fingerprint density at radius 2 is 1.54 bits per heavy atom. The van der Waals surface area contributed by atoms with Gasteiger partial charge in [0.05, 0.1) is 0 Å². The van der Waals surface area contributed by atoms with Crippen LogP contribution in [-0.4, -0.2) is 17.9 Å². The molecule has 0 spiro atoms. The van der Waals surface area contributed by atoms with Crippen molar-refractivity contribution < 1.29 is 14.3 Å². The number of fused-ring (bicyclic) bond motifs is 5. The first-order valence-corrected chi connectivity index (χ1v) is 10.4. The fraction of sp³-hybridized carbons (Fsp3) is 0.905. The van der Waals surface area contributed by atoms with E-state index in [1.165, 1.54) is 25.7 Å². The molecule has 0 bridgehead atoms. The summed E-state index contributed by atoms with van der Waals surface area (Å²) in [4.78, 5) is 25.2. The molecule has 3 nitrogen and oxygen atoms in total. The average molecular weight is 326 g/mol. The van der Waals surface area contributed by atoms with Crippen molar-refractivity contribution in [1.29, 1.82) is 0 Å². The highest BCUT2D eigenvalue weighted by molar-refractivity contribution is 5.88. The topological polar surface area (TPSA) is 43.4 Å². The first-order chi connectivity index (χ1) is 11.7. The minimum Gasteiger partial charge on any atom is -0.462 e. The molecule has 0 radical (unpaired) electrons. The van der Waals surface area contributed by atoms with Crippen LogP contribution in [0.3, 0.4) is 0 Å². The SMILES string of the molecule is CC(=O)O[C@H]1[C@@H]2[C@@H]3CC[C@H]4C(=O)[C@@H]5[C@@H]([C@H]2[C@H]2[C@@H]5[C@H]5CCC[C@H]5[C@@H]12)[C@@H]34. The number of Topliss-reactive ketones (excluding diaryl/α,β-unsaturated/α-hetero) is 1. The van der Waals surface area contributed by atoms with E-state index < -0.39 is 0 Å². The number of ketones is 1. The Morgan fingerprint density at radius 1 is 0.833 bits per heavy atom. The van der Waals surface area contributed by atoms with Crippen LogP contribution in [0.1, 0.15) is 39.0 Å². The van der Waals surface area contributed by atoms with Crippen LogP contribution in [0, 0.1) is 71.0 Å². The van der Waals surface area contributed by atoms with E-state index in [1.807, 2.05) is 0 Å². The van der Waals surface area contributed by atoms with E-state index in [0.717, 1.165) is 30.1 Å². The van der Waals surface area contributed by atoms with E-state index >= 15 is 0 Å². The molecular formula is C21H26O3. The van der Waals surface area contributed by atoms with Crippen LogP contribution in [0.25, 0.3) is 0 Å². The molecule has 7 rings (SSSR count). The lowest BCUT2D eigenvalue weighted by Gasteiger charge is -2.31. The number of esters is 1. The average Bonchev–Trinajstić information content (AvgIpc) is 3.27. The third kappa shape index (κ3) is 1.16. The third-order valence-electron chi connectivity index (χ3n) is 10.1. The monoisotopic (exact) mass is 326 g/mol. The summed E-state index contributed by atoms with van der Waals surface area (Å²) in [6.45, 7) is 1.60. The lowest BCUT2D eigenvalue weighted by molar-refractivity contribution is -0.153. The van der Waals surface area contributed by atoms with E-state index in [2.05, 4.69) is 0 Å². The first kappa shape index (κ1) is 13.4. The molecule has 0 saturated heterocycles. The maximum absolute atomic E-state index is 13.3. The second-order valence-corrected chi connectivity index (χ2v) is 10.1. The molecule has 0 aromatic heterocycles. The van der Waals surface area contributed by atoms with Crippen molar-refractivity contribution in [2.45, 2.75) is 45.1 Å². The molecule has 0 aromatic carbocycles. The summed E-state index contributed by atoms with van der Waals surface area (Å²) in [5, 5.41) is 0. The number of ether oxygens (including phenoxy) is 1. The minimum absolute atomic E-state index is 0.0720. The fourth-order valence-electron chi connectivity index (χ4n) is 10.4. The van der Waals surface area contributed by atoms with Gasteiger partial charge in [0.25, 0.3) is 0 Å². The second kappa shape index (κ2) is 3.94. The Kier molecular flexibility index (Phi) is 2.19. The first-order valence-electron chi connectivity index (χ1n) is 10.4. The Labute approximate surface area is 142 Å². The molecule has 128 valence electrons. The summed E-state index contributed by atoms with van der Waals surface area (Å²) in [5.74, 6) is 8.28. The maximum atomic E-state index is 13.3. The Hall–Kier alpha value is -0.860. The van der Waals surface area contributed by atoms with E-state index in [0.29, 0.717) is 53.1 Å². The molecule has 0 heterocycles. The van der Waals surface area contributed by atoms with Gasteiger partial charge in [0, 0.05) is 30.6 Å². The molecule has 0 amide bonds. The third-order valence-corrected chi connectivity index (χ3v) is 10.1. The number of rotatable bonds is 1. The highest BCUT2D eigenvalue weighted by Gasteiger charge is 2.81. The fourth-order valence-corrected chi connectivity index (χ4v) is 10.4. The van der Waals surface area contributed by atoms with Crippen molar-refractivity contribution in [2.24, 2.45) is 71.0 Å². The number of carbonyl (C=O) groups is 2. The van der Waals surface area contributed by atoms with Crippen LogP contribution in [0.5, 0.6) is 0 Å². The summed E-state index contributed by atoms with van der Waals surface area (Å²) in [7, 11) is 0. The number of hydrogen-bond acceptors (Lipinski definition) is 3.